The summed E-state index contributed by atoms with van der Waals surface area (Å²) in [5.41, 5.74) is 1.26. The molecule has 3 fully saturated rings. The molecule has 6 atom stereocenters. The van der Waals surface area contributed by atoms with Gasteiger partial charge in [0.2, 0.25) is 23.6 Å². The lowest BCUT2D eigenvalue weighted by atomic mass is 9.51. The number of ether oxygens (including phenoxy) is 1. The largest absolute Gasteiger partial charge is 0.508 e. The Morgan fingerprint density at radius 3 is 2.31 bits per heavy atom. The van der Waals surface area contributed by atoms with Crippen molar-refractivity contribution in [3.05, 3.63) is 95.6 Å². The maximum absolute atomic E-state index is 14.5. The van der Waals surface area contributed by atoms with Gasteiger partial charge in [0.1, 0.15) is 17.2 Å². The second-order valence-electron chi connectivity index (χ2n) is 12.6. The summed E-state index contributed by atoms with van der Waals surface area (Å²) < 4.78 is 5.71. The van der Waals surface area contributed by atoms with Crippen molar-refractivity contribution in [2.75, 3.05) is 18.6 Å². The molecule has 0 bridgehead atoms. The first-order valence-electron chi connectivity index (χ1n) is 15.3. The van der Waals surface area contributed by atoms with E-state index in [1.807, 2.05) is 12.1 Å². The molecule has 2 N–H and O–H groups in total. The van der Waals surface area contributed by atoms with Gasteiger partial charge >= 0.3 is 0 Å². The number of fused-ring (bicyclic) bond motifs is 4. The fourth-order valence-electron chi connectivity index (χ4n) is 8.34. The average Bonchev–Trinajstić information content (AvgIpc) is 3.40. The van der Waals surface area contributed by atoms with Crippen LogP contribution in [0.2, 0.25) is 0 Å². The van der Waals surface area contributed by atoms with E-state index in [0.717, 1.165) is 11.1 Å². The summed E-state index contributed by atoms with van der Waals surface area (Å²) in [6.45, 7) is 1.99. The maximum Gasteiger partial charge on any atom is 0.241 e. The molecule has 4 aliphatic rings. The molecule has 4 amide bonds. The minimum absolute atomic E-state index is 0.0641. The monoisotopic (exact) mass is 606 g/mol. The summed E-state index contributed by atoms with van der Waals surface area (Å²) in [4.78, 5) is 59.1. The van der Waals surface area contributed by atoms with Crippen molar-refractivity contribution in [2.45, 2.75) is 32.1 Å². The summed E-state index contributed by atoms with van der Waals surface area (Å²) in [6.07, 6.45) is 2.95. The van der Waals surface area contributed by atoms with Crippen LogP contribution in [0.25, 0.3) is 0 Å². The van der Waals surface area contributed by atoms with E-state index in [-0.39, 0.29) is 48.1 Å². The summed E-state index contributed by atoms with van der Waals surface area (Å²) in [7, 11) is 1.49. The normalized spacial score (nSPS) is 28.9. The number of likely N-dealkylation sites (tertiary alicyclic amines) is 1. The van der Waals surface area contributed by atoms with E-state index in [9.17, 15) is 29.4 Å². The molecule has 9 nitrogen and oxygen atoms in total. The van der Waals surface area contributed by atoms with E-state index in [0.29, 0.717) is 29.8 Å². The molecule has 0 aromatic heterocycles. The number of rotatable bonds is 6. The summed E-state index contributed by atoms with van der Waals surface area (Å²) in [5.74, 6) is -4.08. The van der Waals surface area contributed by atoms with Crippen LogP contribution in [0.15, 0.2) is 84.4 Å². The molecule has 3 aromatic carbocycles. The van der Waals surface area contributed by atoms with Gasteiger partial charge in [-0.05, 0) is 74.1 Å². The van der Waals surface area contributed by atoms with Gasteiger partial charge in [0, 0.05) is 18.0 Å². The fourth-order valence-corrected chi connectivity index (χ4v) is 8.34. The molecule has 0 radical (unpaired) electrons. The first-order chi connectivity index (χ1) is 21.7. The number of imide groups is 2. The van der Waals surface area contributed by atoms with Crippen molar-refractivity contribution in [3.8, 4) is 17.2 Å². The van der Waals surface area contributed by atoms with Crippen LogP contribution in [0.5, 0.6) is 17.2 Å². The third-order valence-corrected chi connectivity index (χ3v) is 10.5. The maximum atomic E-state index is 14.5. The number of phenolic OH excluding ortho intramolecular Hbond substituents is 2. The minimum Gasteiger partial charge on any atom is -0.508 e. The second-order valence-corrected chi connectivity index (χ2v) is 12.6. The van der Waals surface area contributed by atoms with Crippen LogP contribution in [0.1, 0.15) is 36.8 Å². The van der Waals surface area contributed by atoms with E-state index in [4.69, 9.17) is 4.74 Å². The van der Waals surface area contributed by atoms with Crippen LogP contribution in [0.3, 0.4) is 0 Å². The topological polar surface area (TPSA) is 124 Å². The van der Waals surface area contributed by atoms with Crippen molar-refractivity contribution in [1.82, 2.24) is 4.90 Å². The molecular weight excluding hydrogens is 572 g/mol. The quantitative estimate of drug-likeness (QED) is 0.311. The number of para-hydroxylation sites is 1. The Hall–Kier alpha value is -4.92. The van der Waals surface area contributed by atoms with Crippen molar-refractivity contribution in [3.63, 3.8) is 0 Å². The van der Waals surface area contributed by atoms with Gasteiger partial charge in [-0.15, -0.1) is 0 Å². The van der Waals surface area contributed by atoms with Gasteiger partial charge in [-0.2, -0.15) is 0 Å². The summed E-state index contributed by atoms with van der Waals surface area (Å²) in [6, 6.07) is 20.4. The molecule has 230 valence electrons. The lowest BCUT2D eigenvalue weighted by Gasteiger charge is -2.49. The van der Waals surface area contributed by atoms with Crippen molar-refractivity contribution in [1.29, 1.82) is 0 Å². The number of allylic oxidation sites excluding steroid dienone is 2. The zero-order valence-corrected chi connectivity index (χ0v) is 25.1. The third-order valence-electron chi connectivity index (χ3n) is 10.5. The van der Waals surface area contributed by atoms with E-state index in [1.165, 1.54) is 23.0 Å². The van der Waals surface area contributed by atoms with Crippen LogP contribution >= 0.6 is 0 Å². The first-order valence-corrected chi connectivity index (χ1v) is 15.3. The van der Waals surface area contributed by atoms with Crippen molar-refractivity contribution in [2.24, 2.45) is 29.1 Å². The van der Waals surface area contributed by atoms with Gasteiger partial charge in [0.25, 0.3) is 0 Å². The smallest absolute Gasteiger partial charge is 0.241 e. The highest BCUT2D eigenvalue weighted by Crippen LogP contribution is 2.65. The van der Waals surface area contributed by atoms with Gasteiger partial charge < -0.3 is 14.9 Å². The Morgan fingerprint density at radius 1 is 0.867 bits per heavy atom. The SMILES string of the molecule is COc1cccc(O)c1[C@H]1C2=CC[C@@H]3C(=O)N(CCc4ccc(O)cc4)C(=O)[C@@H]3[C@@H]2C[C@H]2C(=O)N(c3ccccc3)C(=O)[C@@]12C. The number of carbonyl (C=O) groups is 4. The summed E-state index contributed by atoms with van der Waals surface area (Å²) >= 11 is 0. The number of methoxy groups -OCH3 is 1. The molecule has 45 heavy (non-hydrogen) atoms. The van der Waals surface area contributed by atoms with Crippen molar-refractivity contribution >= 4 is 29.3 Å². The highest BCUT2D eigenvalue weighted by atomic mass is 16.5. The standard InChI is InChI=1S/C36H34N2O7/c1-36-26(33(42)38(35(36)44)21-7-4-3-5-8-21)19-25-23(31(36)30-27(40)9-6-10-28(30)45-2)15-16-24-29(25)34(43)37(32(24)41)18-17-20-11-13-22(39)14-12-20/h3-15,24-26,29,31,39-40H,16-19H2,1-2H3/t24-,25+,26-,29-,31+,36+/m0/s1. The van der Waals surface area contributed by atoms with E-state index >= 15 is 0 Å². The molecule has 2 heterocycles. The van der Waals surface area contributed by atoms with Crippen molar-refractivity contribution < 1.29 is 34.1 Å². The number of amides is 4. The van der Waals surface area contributed by atoms with Gasteiger partial charge in [0.05, 0.1) is 36.0 Å². The highest BCUT2D eigenvalue weighted by Gasteiger charge is 2.68. The number of hydrogen-bond donors (Lipinski definition) is 2. The van der Waals surface area contributed by atoms with E-state index in [1.54, 1.807) is 67.6 Å². The molecule has 9 heteroatoms. The zero-order chi connectivity index (χ0) is 31.6. The minimum atomic E-state index is -1.28. The second kappa shape index (κ2) is 10.6. The number of phenols is 2. The predicted molar refractivity (Wildman–Crippen MR) is 164 cm³/mol. The number of anilines is 1. The molecule has 3 aromatic rings. The molecule has 7 rings (SSSR count). The van der Waals surface area contributed by atoms with Crippen LogP contribution in [-0.4, -0.2) is 52.4 Å². The Labute approximate surface area is 260 Å². The molecule has 2 aliphatic carbocycles. The van der Waals surface area contributed by atoms with Gasteiger partial charge in [0.15, 0.2) is 0 Å². The predicted octanol–water partition coefficient (Wildman–Crippen LogP) is 4.58. The number of benzene rings is 3. The first kappa shape index (κ1) is 28.8. The Kier molecular flexibility index (Phi) is 6.80. The molecule has 2 aliphatic heterocycles. The average molecular weight is 607 g/mol. The van der Waals surface area contributed by atoms with E-state index < -0.39 is 35.0 Å². The van der Waals surface area contributed by atoms with Gasteiger partial charge in [-0.3, -0.25) is 24.1 Å². The van der Waals surface area contributed by atoms with Crippen LogP contribution < -0.4 is 9.64 Å². The Morgan fingerprint density at radius 2 is 1.60 bits per heavy atom. The molecular formula is C36H34N2O7. The number of hydrogen-bond acceptors (Lipinski definition) is 7. The van der Waals surface area contributed by atoms with Gasteiger partial charge in [-0.25, -0.2) is 4.90 Å². The Balaban J connectivity index is 1.31. The highest BCUT2D eigenvalue weighted by molar-refractivity contribution is 6.24. The number of aromatic hydroxyl groups is 2. The number of nitrogens with zero attached hydrogens (tertiary/aromatic N) is 2. The molecule has 0 spiro atoms. The van der Waals surface area contributed by atoms with Gasteiger partial charge in [-0.1, -0.05) is 48.0 Å². The zero-order valence-electron chi connectivity index (χ0n) is 25.1. The molecule has 2 saturated heterocycles. The Bertz CT molecular complexity index is 1750. The van der Waals surface area contributed by atoms with Crippen LogP contribution in [0.4, 0.5) is 5.69 Å². The number of carbonyl (C=O) groups excluding carboxylic acids is 4. The summed E-state index contributed by atoms with van der Waals surface area (Å²) in [5, 5.41) is 20.9. The lowest BCUT2D eigenvalue weighted by molar-refractivity contribution is -0.140. The molecule has 1 saturated carbocycles. The third kappa shape index (κ3) is 4.20. The lowest BCUT2D eigenvalue weighted by Crippen LogP contribution is -2.49. The fraction of sp³-hybridized carbons (Fsp3) is 0.333. The van der Waals surface area contributed by atoms with Crippen LogP contribution in [-0.2, 0) is 25.6 Å². The van der Waals surface area contributed by atoms with Crippen LogP contribution in [0, 0.1) is 29.1 Å². The molecule has 0 unspecified atom stereocenters. The van der Waals surface area contributed by atoms with E-state index in [2.05, 4.69) is 0 Å².